The summed E-state index contributed by atoms with van der Waals surface area (Å²) in [5, 5.41) is 3.58. The number of furan rings is 1. The summed E-state index contributed by atoms with van der Waals surface area (Å²) in [7, 11) is 0. The predicted molar refractivity (Wildman–Crippen MR) is 313 cm³/mol. The number of nitrogens with zero attached hydrogens (tertiary/aromatic N) is 3. The van der Waals surface area contributed by atoms with Crippen molar-refractivity contribution in [2.75, 3.05) is 9.80 Å². The Morgan fingerprint density at radius 1 is 0.479 bits per heavy atom. The van der Waals surface area contributed by atoms with Crippen LogP contribution in [0, 0.1) is 0 Å². The van der Waals surface area contributed by atoms with Gasteiger partial charge < -0.3 is 14.2 Å². The van der Waals surface area contributed by atoms with Gasteiger partial charge in [-0.25, -0.2) is 0 Å². The molecule has 2 aliphatic carbocycles. The van der Waals surface area contributed by atoms with Crippen LogP contribution in [0.15, 0.2) is 138 Å². The first kappa shape index (κ1) is 46.3. The van der Waals surface area contributed by atoms with Crippen molar-refractivity contribution in [2.45, 2.75) is 155 Å². The Kier molecular flexibility index (Phi) is 9.58. The van der Waals surface area contributed by atoms with Crippen molar-refractivity contribution in [1.82, 2.24) is 4.57 Å². The van der Waals surface area contributed by atoms with E-state index in [1.165, 1.54) is 95.2 Å². The summed E-state index contributed by atoms with van der Waals surface area (Å²) in [6, 6.07) is 52.2. The minimum Gasteiger partial charge on any atom is -0.439 e. The van der Waals surface area contributed by atoms with Gasteiger partial charge in [0, 0.05) is 44.9 Å². The lowest BCUT2D eigenvalue weighted by atomic mass is 9.33. The number of benzene rings is 7. The normalized spacial score (nSPS) is 17.9. The third kappa shape index (κ3) is 6.78. The van der Waals surface area contributed by atoms with Crippen molar-refractivity contribution in [2.24, 2.45) is 0 Å². The summed E-state index contributed by atoms with van der Waals surface area (Å²) in [4.78, 5) is 5.20. The Balaban J connectivity index is 1.19. The first-order chi connectivity index (χ1) is 34.4. The second-order valence-corrected chi connectivity index (χ2v) is 27.2. The van der Waals surface area contributed by atoms with Gasteiger partial charge in [0.2, 0.25) is 5.71 Å². The Bertz CT molecular complexity index is 3710. The van der Waals surface area contributed by atoms with Crippen molar-refractivity contribution >= 4 is 90.2 Å². The van der Waals surface area contributed by atoms with Crippen LogP contribution in [0.4, 0.5) is 34.1 Å². The Hall–Kier alpha value is -6.46. The predicted octanol–water partition coefficient (Wildman–Crippen LogP) is 16.9. The van der Waals surface area contributed by atoms with E-state index in [0.29, 0.717) is 0 Å². The molecule has 7 aromatic carbocycles. The van der Waals surface area contributed by atoms with Gasteiger partial charge in [-0.1, -0.05) is 170 Å². The summed E-state index contributed by atoms with van der Waals surface area (Å²) in [6.45, 7) is 33.6. The number of fused-ring (bicyclic) bond motifs is 11. The number of hydrogen-bond donors (Lipinski definition) is 0. The van der Waals surface area contributed by atoms with Crippen LogP contribution in [0.5, 0.6) is 0 Å². The van der Waals surface area contributed by atoms with Crippen LogP contribution in [-0.2, 0) is 32.5 Å². The summed E-state index contributed by atoms with van der Waals surface area (Å²) >= 11 is 0. The van der Waals surface area contributed by atoms with Crippen molar-refractivity contribution in [1.29, 1.82) is 0 Å². The monoisotopic (exact) mass is 958 g/mol. The average Bonchev–Trinajstić information content (AvgIpc) is 3.90. The molecule has 4 heterocycles. The summed E-state index contributed by atoms with van der Waals surface area (Å²) in [5.74, 6) is 0. The molecule has 73 heavy (non-hydrogen) atoms. The molecule has 13 rings (SSSR count). The highest BCUT2D eigenvalue weighted by molar-refractivity contribution is 7.00. The van der Waals surface area contributed by atoms with Crippen LogP contribution >= 0.6 is 0 Å². The summed E-state index contributed by atoms with van der Waals surface area (Å²) < 4.78 is 9.65. The van der Waals surface area contributed by atoms with Gasteiger partial charge >= 0.3 is 0 Å². The molecule has 2 aliphatic heterocycles. The second kappa shape index (κ2) is 15.1. The quantitative estimate of drug-likeness (QED) is 0.164. The van der Waals surface area contributed by atoms with Crippen molar-refractivity contribution in [3.8, 4) is 5.69 Å². The first-order valence-electron chi connectivity index (χ1n) is 27.2. The van der Waals surface area contributed by atoms with Crippen LogP contribution in [0.25, 0.3) is 38.7 Å². The SMILES string of the molecule is CC(C)(C)c1ccc(N(c2ccc(C(C)(C)C)cc2)c2cc3c4c(c2)-n2c5oc6ccccc6c5c5cccc(c52)B4c2cc4c(cc2N3c2ccc3c(c2)C(C)(C)CCC3(C)C)C(C)(C)CCC4(C)C)cc1. The molecule has 0 bridgehead atoms. The van der Waals surface area contributed by atoms with Gasteiger partial charge in [-0.2, -0.15) is 0 Å². The van der Waals surface area contributed by atoms with E-state index in [4.69, 9.17) is 4.42 Å². The number of aromatic nitrogens is 1. The molecule has 0 amide bonds. The fraction of sp³-hybridized carbons (Fsp3) is 0.353. The molecule has 2 aromatic heterocycles. The topological polar surface area (TPSA) is 24.6 Å². The lowest BCUT2D eigenvalue weighted by Crippen LogP contribution is -2.61. The smallest absolute Gasteiger partial charge is 0.252 e. The Morgan fingerprint density at radius 3 is 1.62 bits per heavy atom. The van der Waals surface area contributed by atoms with E-state index in [1.807, 2.05) is 0 Å². The maximum absolute atomic E-state index is 7.14. The van der Waals surface area contributed by atoms with Crippen LogP contribution in [-0.4, -0.2) is 11.3 Å². The van der Waals surface area contributed by atoms with Gasteiger partial charge in [0.05, 0.1) is 16.6 Å². The molecule has 0 saturated heterocycles. The zero-order chi connectivity index (χ0) is 51.1. The Labute approximate surface area is 434 Å². The number of para-hydroxylation sites is 2. The molecular weight excluding hydrogens is 886 g/mol. The van der Waals surface area contributed by atoms with Crippen molar-refractivity contribution in [3.63, 3.8) is 0 Å². The third-order valence-electron chi connectivity index (χ3n) is 18.4. The van der Waals surface area contributed by atoms with Crippen LogP contribution in [0.1, 0.15) is 156 Å². The van der Waals surface area contributed by atoms with E-state index in [1.54, 1.807) is 0 Å². The fourth-order valence-electron chi connectivity index (χ4n) is 13.7. The number of rotatable bonds is 4. The molecular formula is C68H72BN3O. The van der Waals surface area contributed by atoms with Gasteiger partial charge in [-0.05, 0) is 169 Å². The minimum absolute atomic E-state index is 0.0166. The number of hydrogen-bond acceptors (Lipinski definition) is 3. The molecule has 0 radical (unpaired) electrons. The molecule has 368 valence electrons. The fourth-order valence-corrected chi connectivity index (χ4v) is 13.7. The van der Waals surface area contributed by atoms with Gasteiger partial charge in [0.1, 0.15) is 5.58 Å². The molecule has 4 aliphatic rings. The van der Waals surface area contributed by atoms with Gasteiger partial charge in [-0.15, -0.1) is 0 Å². The molecule has 4 nitrogen and oxygen atoms in total. The third-order valence-corrected chi connectivity index (χ3v) is 18.4. The van der Waals surface area contributed by atoms with E-state index in [9.17, 15) is 0 Å². The van der Waals surface area contributed by atoms with Crippen LogP contribution < -0.4 is 26.2 Å². The minimum atomic E-state index is -0.0171. The van der Waals surface area contributed by atoms with Crippen molar-refractivity contribution in [3.05, 3.63) is 167 Å². The van der Waals surface area contributed by atoms with Gasteiger partial charge in [0.25, 0.3) is 6.71 Å². The molecule has 0 spiro atoms. The standard InChI is InChI=1S/C68H72BN3O/c1-63(2,3)41-22-26-43(27-23-41)70(44-28-24-42(25-29-44)64(4,5)6)46-37-56-60-57(38-46)72-61-48(59-47-18-15-16-21-58(47)73-62(59)72)19-17-20-53(61)69(60)54-39-51-52(68(13,14)35-34-67(51,11)12)40-55(54)71(56)45-30-31-49-50(36-45)66(9,10)33-32-65(49,7)8/h15-31,36-40H,32-35H2,1-14H3. The molecule has 0 saturated carbocycles. The lowest BCUT2D eigenvalue weighted by Gasteiger charge is -2.47. The summed E-state index contributed by atoms with van der Waals surface area (Å²) in [6.07, 6.45) is 4.64. The molecule has 0 atom stereocenters. The molecule has 9 aromatic rings. The van der Waals surface area contributed by atoms with Crippen molar-refractivity contribution < 1.29 is 4.42 Å². The second-order valence-electron chi connectivity index (χ2n) is 27.2. The summed E-state index contributed by atoms with van der Waals surface area (Å²) in [5.41, 5.74) is 24.1. The van der Waals surface area contributed by atoms with E-state index in [0.717, 1.165) is 53.0 Å². The zero-order valence-corrected chi connectivity index (χ0v) is 45.9. The average molecular weight is 958 g/mol. The number of anilines is 6. The van der Waals surface area contributed by atoms with E-state index in [-0.39, 0.29) is 39.2 Å². The highest BCUT2D eigenvalue weighted by Crippen LogP contribution is 2.53. The van der Waals surface area contributed by atoms with Crippen LogP contribution in [0.3, 0.4) is 0 Å². The van der Waals surface area contributed by atoms with Gasteiger partial charge in [-0.3, -0.25) is 4.57 Å². The van der Waals surface area contributed by atoms with E-state index in [2.05, 4.69) is 245 Å². The van der Waals surface area contributed by atoms with Crippen LogP contribution in [0.2, 0.25) is 0 Å². The lowest BCUT2D eigenvalue weighted by molar-refractivity contribution is 0.332. The van der Waals surface area contributed by atoms with E-state index >= 15 is 0 Å². The molecule has 5 heteroatoms. The first-order valence-corrected chi connectivity index (χ1v) is 27.2. The maximum Gasteiger partial charge on any atom is 0.252 e. The van der Waals surface area contributed by atoms with Gasteiger partial charge in [0.15, 0.2) is 0 Å². The highest BCUT2D eigenvalue weighted by Gasteiger charge is 2.47. The zero-order valence-electron chi connectivity index (χ0n) is 45.9. The Morgan fingerprint density at radius 2 is 1.01 bits per heavy atom. The van der Waals surface area contributed by atoms with E-state index < -0.39 is 0 Å². The largest absolute Gasteiger partial charge is 0.439 e. The molecule has 0 fully saturated rings. The molecule has 0 N–H and O–H groups in total. The molecule has 0 unspecified atom stereocenters. The highest BCUT2D eigenvalue weighted by atomic mass is 16.3. The maximum atomic E-state index is 7.14.